The van der Waals surface area contributed by atoms with Crippen molar-refractivity contribution < 1.29 is 14.7 Å². The molecule has 1 heterocycles. The Hall–Kier alpha value is -2.41. The molecule has 0 bridgehead atoms. The van der Waals surface area contributed by atoms with Gasteiger partial charge in [-0.1, -0.05) is 50.3 Å². The van der Waals surface area contributed by atoms with Gasteiger partial charge in [-0.15, -0.1) is 0 Å². The van der Waals surface area contributed by atoms with Crippen molar-refractivity contribution in [3.8, 4) is 0 Å². The highest BCUT2D eigenvalue weighted by Gasteiger charge is 2.27. The van der Waals surface area contributed by atoms with Gasteiger partial charge in [0.15, 0.2) is 5.13 Å². The third-order valence-corrected chi connectivity index (χ3v) is 3.74. The van der Waals surface area contributed by atoms with Gasteiger partial charge in [-0.05, 0) is 12.1 Å². The molecule has 22 heavy (non-hydrogen) atoms. The molecular weight excluding hydrogens is 302 g/mol. The number of nitrogens with zero attached hydrogens (tertiary/aromatic N) is 1. The number of carboxylic acids is 1. The first kappa shape index (κ1) is 16.0. The van der Waals surface area contributed by atoms with E-state index in [0.717, 1.165) is 11.3 Å². The Morgan fingerprint density at radius 3 is 2.27 bits per heavy atom. The van der Waals surface area contributed by atoms with E-state index in [9.17, 15) is 14.7 Å². The second kappa shape index (κ2) is 6.15. The van der Waals surface area contributed by atoms with Crippen molar-refractivity contribution in [3.05, 3.63) is 40.9 Å². The number of para-hydroxylation sites is 1. The van der Waals surface area contributed by atoms with Gasteiger partial charge in [0.1, 0.15) is 4.88 Å². The van der Waals surface area contributed by atoms with E-state index in [2.05, 4.69) is 15.6 Å². The minimum absolute atomic E-state index is 0.141. The van der Waals surface area contributed by atoms with Crippen molar-refractivity contribution in [3.63, 3.8) is 0 Å². The fraction of sp³-hybridized carbons (Fsp3) is 0.267. The number of thiazole rings is 1. The zero-order chi connectivity index (χ0) is 16.3. The number of hydrogen-bond donors (Lipinski definition) is 3. The number of rotatable bonds is 3. The minimum Gasteiger partial charge on any atom is -0.477 e. The molecule has 0 saturated heterocycles. The van der Waals surface area contributed by atoms with Crippen molar-refractivity contribution in [2.45, 2.75) is 26.2 Å². The monoisotopic (exact) mass is 319 g/mol. The number of aromatic carboxylic acids is 1. The van der Waals surface area contributed by atoms with Crippen LogP contribution in [0.15, 0.2) is 30.3 Å². The maximum absolute atomic E-state index is 11.9. The summed E-state index contributed by atoms with van der Waals surface area (Å²) >= 11 is 0.951. The number of aromatic nitrogens is 1. The summed E-state index contributed by atoms with van der Waals surface area (Å²) in [6.45, 7) is 5.63. The quantitative estimate of drug-likeness (QED) is 0.803. The Kier molecular flexibility index (Phi) is 4.46. The summed E-state index contributed by atoms with van der Waals surface area (Å²) in [4.78, 5) is 27.6. The highest BCUT2D eigenvalue weighted by atomic mass is 32.1. The van der Waals surface area contributed by atoms with Gasteiger partial charge in [-0.25, -0.2) is 14.6 Å². The maximum Gasteiger partial charge on any atom is 0.347 e. The normalized spacial score (nSPS) is 11.0. The zero-order valence-electron chi connectivity index (χ0n) is 12.5. The predicted molar refractivity (Wildman–Crippen MR) is 86.9 cm³/mol. The molecule has 0 atom stereocenters. The van der Waals surface area contributed by atoms with E-state index in [1.54, 1.807) is 24.3 Å². The van der Waals surface area contributed by atoms with Crippen LogP contribution in [-0.2, 0) is 5.41 Å². The molecule has 0 radical (unpaired) electrons. The van der Waals surface area contributed by atoms with E-state index in [1.165, 1.54) is 0 Å². The van der Waals surface area contributed by atoms with Gasteiger partial charge < -0.3 is 10.4 Å². The lowest BCUT2D eigenvalue weighted by Crippen LogP contribution is -2.20. The fourth-order valence-corrected chi connectivity index (χ4v) is 2.82. The van der Waals surface area contributed by atoms with Crippen LogP contribution in [-0.4, -0.2) is 22.1 Å². The Balaban J connectivity index is 2.16. The van der Waals surface area contributed by atoms with Crippen LogP contribution < -0.4 is 10.6 Å². The first-order valence-corrected chi connectivity index (χ1v) is 7.46. The van der Waals surface area contributed by atoms with Crippen LogP contribution in [0.3, 0.4) is 0 Å². The molecule has 2 amide bonds. The minimum atomic E-state index is -1.04. The molecule has 0 fully saturated rings. The summed E-state index contributed by atoms with van der Waals surface area (Å²) in [5.74, 6) is -1.04. The number of carbonyl (C=O) groups excluding carboxylic acids is 1. The molecular formula is C15H17N3O3S. The van der Waals surface area contributed by atoms with Gasteiger partial charge in [0.05, 0.1) is 5.69 Å². The number of amides is 2. The number of benzene rings is 1. The molecule has 116 valence electrons. The molecule has 2 aromatic rings. The van der Waals surface area contributed by atoms with Crippen LogP contribution in [0, 0.1) is 0 Å². The van der Waals surface area contributed by atoms with Crippen molar-refractivity contribution in [2.24, 2.45) is 0 Å². The third kappa shape index (κ3) is 3.82. The number of urea groups is 1. The van der Waals surface area contributed by atoms with Gasteiger partial charge >= 0.3 is 12.0 Å². The molecule has 0 aliphatic rings. The molecule has 7 heteroatoms. The smallest absolute Gasteiger partial charge is 0.347 e. The van der Waals surface area contributed by atoms with E-state index in [-0.39, 0.29) is 10.0 Å². The maximum atomic E-state index is 11.9. The Morgan fingerprint density at radius 2 is 1.77 bits per heavy atom. The second-order valence-electron chi connectivity index (χ2n) is 5.70. The zero-order valence-corrected chi connectivity index (χ0v) is 13.3. The molecule has 6 nitrogen and oxygen atoms in total. The van der Waals surface area contributed by atoms with E-state index in [0.29, 0.717) is 11.4 Å². The Bertz CT molecular complexity index is 690. The number of hydrogen-bond acceptors (Lipinski definition) is 4. The van der Waals surface area contributed by atoms with Crippen molar-refractivity contribution in [2.75, 3.05) is 10.6 Å². The van der Waals surface area contributed by atoms with Gasteiger partial charge in [-0.2, -0.15) is 0 Å². The Labute approximate surface area is 132 Å². The van der Waals surface area contributed by atoms with Crippen LogP contribution >= 0.6 is 11.3 Å². The summed E-state index contributed by atoms with van der Waals surface area (Å²) in [6, 6.07) is 8.50. The lowest BCUT2D eigenvalue weighted by molar-refractivity contribution is 0.0699. The van der Waals surface area contributed by atoms with E-state index < -0.39 is 17.4 Å². The average Bonchev–Trinajstić information content (AvgIpc) is 2.83. The number of carboxylic acid groups (broad SMARTS) is 1. The van der Waals surface area contributed by atoms with Crippen molar-refractivity contribution in [1.29, 1.82) is 0 Å². The number of nitrogens with one attached hydrogen (secondary N) is 2. The average molecular weight is 319 g/mol. The van der Waals surface area contributed by atoms with Crippen LogP contribution in [0.5, 0.6) is 0 Å². The van der Waals surface area contributed by atoms with E-state index in [1.807, 2.05) is 26.8 Å². The van der Waals surface area contributed by atoms with Crippen LogP contribution in [0.25, 0.3) is 0 Å². The van der Waals surface area contributed by atoms with Gasteiger partial charge in [0, 0.05) is 11.1 Å². The van der Waals surface area contributed by atoms with Crippen LogP contribution in [0.1, 0.15) is 36.1 Å². The fourth-order valence-electron chi connectivity index (χ4n) is 1.81. The predicted octanol–water partition coefficient (Wildman–Crippen LogP) is 3.78. The largest absolute Gasteiger partial charge is 0.477 e. The third-order valence-electron chi connectivity index (χ3n) is 2.78. The number of anilines is 2. The molecule has 0 saturated carbocycles. The molecule has 3 N–H and O–H groups in total. The second-order valence-corrected chi connectivity index (χ2v) is 6.70. The lowest BCUT2D eigenvalue weighted by atomic mass is 9.91. The molecule has 0 aliphatic heterocycles. The summed E-state index contributed by atoms with van der Waals surface area (Å²) in [6.07, 6.45) is 0. The van der Waals surface area contributed by atoms with Crippen molar-refractivity contribution in [1.82, 2.24) is 4.98 Å². The van der Waals surface area contributed by atoms with E-state index in [4.69, 9.17) is 0 Å². The van der Waals surface area contributed by atoms with E-state index >= 15 is 0 Å². The van der Waals surface area contributed by atoms with Gasteiger partial charge in [-0.3, -0.25) is 5.32 Å². The Morgan fingerprint density at radius 1 is 1.14 bits per heavy atom. The summed E-state index contributed by atoms with van der Waals surface area (Å²) in [5, 5.41) is 14.7. The highest BCUT2D eigenvalue weighted by molar-refractivity contribution is 7.17. The molecule has 0 unspecified atom stereocenters. The molecule has 1 aromatic heterocycles. The molecule has 1 aromatic carbocycles. The highest BCUT2D eigenvalue weighted by Crippen LogP contribution is 2.32. The molecule has 0 spiro atoms. The number of carbonyl (C=O) groups is 2. The van der Waals surface area contributed by atoms with Gasteiger partial charge in [0.2, 0.25) is 0 Å². The summed E-state index contributed by atoms with van der Waals surface area (Å²) in [5.41, 5.74) is 0.686. The summed E-state index contributed by atoms with van der Waals surface area (Å²) in [7, 11) is 0. The first-order valence-electron chi connectivity index (χ1n) is 6.65. The topological polar surface area (TPSA) is 91.3 Å². The van der Waals surface area contributed by atoms with Crippen molar-refractivity contribution >= 4 is 34.2 Å². The van der Waals surface area contributed by atoms with Crippen LogP contribution in [0.4, 0.5) is 15.6 Å². The lowest BCUT2D eigenvalue weighted by Gasteiger charge is -2.15. The first-order chi connectivity index (χ1) is 10.3. The van der Waals surface area contributed by atoms with Gasteiger partial charge in [0.25, 0.3) is 0 Å². The standard InChI is InChI=1S/C15H17N3O3S/c1-15(2,3)11-10(12(19)20)22-14(17-11)18-13(21)16-9-7-5-4-6-8-9/h4-8H,1-3H3,(H,19,20)(H2,16,17,18,21). The van der Waals surface area contributed by atoms with Crippen LogP contribution in [0.2, 0.25) is 0 Å². The SMILES string of the molecule is CC(C)(C)c1nc(NC(=O)Nc2ccccc2)sc1C(=O)O. The molecule has 0 aliphatic carbocycles. The molecule has 2 rings (SSSR count). The summed E-state index contributed by atoms with van der Waals surface area (Å²) < 4.78 is 0.